The molecule has 24 heavy (non-hydrogen) atoms. The molecule has 0 heterocycles. The molecule has 1 aromatic rings. The molecule has 5 nitrogen and oxygen atoms in total. The van der Waals surface area contributed by atoms with Crippen molar-refractivity contribution in [3.05, 3.63) is 29.8 Å². The molecule has 0 aliphatic heterocycles. The molecule has 0 aliphatic rings. The highest BCUT2D eigenvalue weighted by molar-refractivity contribution is 5.79. The zero-order chi connectivity index (χ0) is 17.6. The molecule has 0 amide bonds. The third-order valence-corrected chi connectivity index (χ3v) is 3.35. The van der Waals surface area contributed by atoms with E-state index in [0.717, 1.165) is 57.4 Å². The van der Waals surface area contributed by atoms with Gasteiger partial charge >= 0.3 is 0 Å². The lowest BCUT2D eigenvalue weighted by molar-refractivity contribution is 0.109. The Morgan fingerprint density at radius 1 is 1.25 bits per heavy atom. The second kappa shape index (κ2) is 12.6. The van der Waals surface area contributed by atoms with E-state index >= 15 is 0 Å². The number of ether oxygens (including phenoxy) is 2. The van der Waals surface area contributed by atoms with Gasteiger partial charge in [0.2, 0.25) is 0 Å². The van der Waals surface area contributed by atoms with Gasteiger partial charge in [0.1, 0.15) is 5.75 Å². The zero-order valence-corrected chi connectivity index (χ0v) is 15.6. The monoisotopic (exact) mass is 335 g/mol. The van der Waals surface area contributed by atoms with E-state index in [4.69, 9.17) is 9.47 Å². The Bertz CT molecular complexity index is 475. The summed E-state index contributed by atoms with van der Waals surface area (Å²) in [6.07, 6.45) is 1.87. The van der Waals surface area contributed by atoms with Crippen LogP contribution in [0.1, 0.15) is 32.8 Å². The number of benzene rings is 1. The number of nitrogens with one attached hydrogen (secondary N) is 2. The summed E-state index contributed by atoms with van der Waals surface area (Å²) >= 11 is 0. The first-order chi connectivity index (χ1) is 11.7. The quantitative estimate of drug-likeness (QED) is 0.371. The predicted molar refractivity (Wildman–Crippen MR) is 101 cm³/mol. The summed E-state index contributed by atoms with van der Waals surface area (Å²) in [5.74, 6) is 2.35. The van der Waals surface area contributed by atoms with Gasteiger partial charge in [0, 0.05) is 32.8 Å². The second-order valence-corrected chi connectivity index (χ2v) is 6.11. The van der Waals surface area contributed by atoms with Crippen molar-refractivity contribution < 1.29 is 9.47 Å². The van der Waals surface area contributed by atoms with Crippen LogP contribution in [0.3, 0.4) is 0 Å². The minimum atomic E-state index is 0.587. The number of nitrogens with zero attached hydrogens (tertiary/aromatic N) is 1. The van der Waals surface area contributed by atoms with Crippen LogP contribution < -0.4 is 15.4 Å². The lowest BCUT2D eigenvalue weighted by Crippen LogP contribution is -2.38. The van der Waals surface area contributed by atoms with E-state index in [2.05, 4.69) is 48.5 Å². The first kappa shape index (κ1) is 20.3. The standard InChI is InChI=1S/C19H33N3O2/c1-5-20-19(21-11-7-13-24-15-16(2)3)22-12-10-17-8-6-9-18(14-17)23-4/h6,8-9,14,16H,5,7,10-13,15H2,1-4H3,(H2,20,21,22). The van der Waals surface area contributed by atoms with Crippen LogP contribution in [0.4, 0.5) is 0 Å². The molecule has 5 heteroatoms. The lowest BCUT2D eigenvalue weighted by atomic mass is 10.1. The van der Waals surface area contributed by atoms with Gasteiger partial charge in [-0.25, -0.2) is 0 Å². The highest BCUT2D eigenvalue weighted by Gasteiger charge is 1.99. The molecule has 2 N–H and O–H groups in total. The maximum absolute atomic E-state index is 5.58. The minimum absolute atomic E-state index is 0.587. The topological polar surface area (TPSA) is 54.9 Å². The minimum Gasteiger partial charge on any atom is -0.497 e. The molecule has 0 bridgehead atoms. The molecular formula is C19H33N3O2. The summed E-state index contributed by atoms with van der Waals surface area (Å²) in [6.45, 7) is 10.4. The Balaban J connectivity index is 2.29. The van der Waals surface area contributed by atoms with Crippen LogP contribution in [0, 0.1) is 5.92 Å². The highest BCUT2D eigenvalue weighted by atomic mass is 16.5. The van der Waals surface area contributed by atoms with Gasteiger partial charge in [-0.05, 0) is 43.4 Å². The fraction of sp³-hybridized carbons (Fsp3) is 0.632. The summed E-state index contributed by atoms with van der Waals surface area (Å²) in [4.78, 5) is 4.58. The summed E-state index contributed by atoms with van der Waals surface area (Å²) < 4.78 is 10.8. The van der Waals surface area contributed by atoms with E-state index in [1.807, 2.05) is 12.1 Å². The third kappa shape index (κ3) is 9.40. The number of hydrogen-bond acceptors (Lipinski definition) is 3. The van der Waals surface area contributed by atoms with Crippen LogP contribution in [-0.4, -0.2) is 45.9 Å². The Morgan fingerprint density at radius 2 is 2.08 bits per heavy atom. The fourth-order valence-electron chi connectivity index (χ4n) is 2.17. The van der Waals surface area contributed by atoms with Crippen molar-refractivity contribution in [2.24, 2.45) is 10.9 Å². The van der Waals surface area contributed by atoms with Crippen molar-refractivity contribution in [2.75, 3.05) is 40.0 Å². The molecule has 0 aliphatic carbocycles. The number of guanidine groups is 1. The van der Waals surface area contributed by atoms with Crippen LogP contribution in [0.15, 0.2) is 29.3 Å². The first-order valence-corrected chi connectivity index (χ1v) is 8.88. The maximum Gasteiger partial charge on any atom is 0.191 e. The van der Waals surface area contributed by atoms with Crippen LogP contribution in [-0.2, 0) is 11.2 Å². The third-order valence-electron chi connectivity index (χ3n) is 3.35. The van der Waals surface area contributed by atoms with Crippen LogP contribution in [0.2, 0.25) is 0 Å². The average Bonchev–Trinajstić information content (AvgIpc) is 2.57. The van der Waals surface area contributed by atoms with Gasteiger partial charge in [0.25, 0.3) is 0 Å². The summed E-state index contributed by atoms with van der Waals surface area (Å²) in [7, 11) is 1.69. The Labute approximate surface area is 146 Å². The first-order valence-electron chi connectivity index (χ1n) is 8.88. The summed E-state index contributed by atoms with van der Waals surface area (Å²) in [6, 6.07) is 8.16. The predicted octanol–water partition coefficient (Wildman–Crippen LogP) is 2.86. The van der Waals surface area contributed by atoms with Gasteiger partial charge in [-0.3, -0.25) is 4.99 Å². The Hall–Kier alpha value is -1.75. The molecule has 0 unspecified atom stereocenters. The maximum atomic E-state index is 5.58. The van der Waals surface area contributed by atoms with E-state index < -0.39 is 0 Å². The van der Waals surface area contributed by atoms with E-state index in [9.17, 15) is 0 Å². The molecule has 1 aromatic carbocycles. The van der Waals surface area contributed by atoms with Gasteiger partial charge in [-0.2, -0.15) is 0 Å². The molecule has 0 radical (unpaired) electrons. The average molecular weight is 335 g/mol. The van der Waals surface area contributed by atoms with Crippen molar-refractivity contribution in [1.82, 2.24) is 10.6 Å². The molecule has 0 aromatic heterocycles. The largest absolute Gasteiger partial charge is 0.497 e. The van der Waals surface area contributed by atoms with E-state index in [1.54, 1.807) is 7.11 Å². The number of hydrogen-bond donors (Lipinski definition) is 2. The molecular weight excluding hydrogens is 302 g/mol. The van der Waals surface area contributed by atoms with Gasteiger partial charge in [0.15, 0.2) is 5.96 Å². The van der Waals surface area contributed by atoms with Gasteiger partial charge in [-0.15, -0.1) is 0 Å². The number of aliphatic imine (C=N–C) groups is 1. The fourth-order valence-corrected chi connectivity index (χ4v) is 2.17. The number of rotatable bonds is 11. The van der Waals surface area contributed by atoms with E-state index in [1.165, 1.54) is 5.56 Å². The Kier molecular flexibility index (Phi) is 10.7. The summed E-state index contributed by atoms with van der Waals surface area (Å²) in [5, 5.41) is 6.65. The molecule has 0 saturated heterocycles. The molecule has 0 fully saturated rings. The number of methoxy groups -OCH3 is 1. The SMILES string of the molecule is CCNC(=NCCCOCC(C)C)NCCc1cccc(OC)c1. The van der Waals surface area contributed by atoms with Gasteiger partial charge in [-0.1, -0.05) is 26.0 Å². The molecule has 0 atom stereocenters. The van der Waals surface area contributed by atoms with Crippen LogP contribution in [0.5, 0.6) is 5.75 Å². The zero-order valence-electron chi connectivity index (χ0n) is 15.6. The van der Waals surface area contributed by atoms with Crippen molar-refractivity contribution >= 4 is 5.96 Å². The van der Waals surface area contributed by atoms with Crippen molar-refractivity contribution in [3.63, 3.8) is 0 Å². The molecule has 0 spiro atoms. The highest BCUT2D eigenvalue weighted by Crippen LogP contribution is 2.12. The van der Waals surface area contributed by atoms with Crippen molar-refractivity contribution in [1.29, 1.82) is 0 Å². The molecule has 136 valence electrons. The summed E-state index contributed by atoms with van der Waals surface area (Å²) in [5.41, 5.74) is 1.25. The van der Waals surface area contributed by atoms with E-state index in [-0.39, 0.29) is 0 Å². The van der Waals surface area contributed by atoms with Crippen molar-refractivity contribution in [3.8, 4) is 5.75 Å². The Morgan fingerprint density at radius 3 is 2.79 bits per heavy atom. The van der Waals surface area contributed by atoms with E-state index in [0.29, 0.717) is 5.92 Å². The smallest absolute Gasteiger partial charge is 0.191 e. The van der Waals surface area contributed by atoms with Gasteiger partial charge < -0.3 is 20.1 Å². The van der Waals surface area contributed by atoms with Crippen LogP contribution >= 0.6 is 0 Å². The normalized spacial score (nSPS) is 11.6. The van der Waals surface area contributed by atoms with Gasteiger partial charge in [0.05, 0.1) is 7.11 Å². The lowest BCUT2D eigenvalue weighted by Gasteiger charge is -2.12. The van der Waals surface area contributed by atoms with Crippen LogP contribution in [0.25, 0.3) is 0 Å². The molecule has 0 saturated carbocycles. The second-order valence-electron chi connectivity index (χ2n) is 6.11. The molecule has 1 rings (SSSR count). The van der Waals surface area contributed by atoms with Crippen molar-refractivity contribution in [2.45, 2.75) is 33.6 Å².